The third kappa shape index (κ3) is 1.60. The lowest BCUT2D eigenvalue weighted by Crippen LogP contribution is -2.31. The molecule has 1 aromatic rings. The lowest BCUT2D eigenvalue weighted by molar-refractivity contribution is -0.127. The summed E-state index contributed by atoms with van der Waals surface area (Å²) in [5.74, 6) is 0.837. The van der Waals surface area contributed by atoms with Crippen LogP contribution in [0.5, 0.6) is 0 Å². The number of carbonyl (C=O) groups excluding carboxylic acids is 1. The molecule has 0 bridgehead atoms. The molecule has 2 heterocycles. The van der Waals surface area contributed by atoms with Crippen LogP contribution < -0.4 is 11.1 Å². The van der Waals surface area contributed by atoms with E-state index in [9.17, 15) is 4.79 Å². The van der Waals surface area contributed by atoms with Crippen molar-refractivity contribution in [3.05, 3.63) is 5.69 Å². The maximum absolute atomic E-state index is 11.7. The van der Waals surface area contributed by atoms with Crippen molar-refractivity contribution in [1.29, 1.82) is 0 Å². The fraction of sp³-hybridized carbons (Fsp3) is 0.600. The van der Waals surface area contributed by atoms with Crippen LogP contribution >= 0.6 is 0 Å². The van der Waals surface area contributed by atoms with Crippen LogP contribution in [0.25, 0.3) is 0 Å². The minimum atomic E-state index is -0.179. The summed E-state index contributed by atoms with van der Waals surface area (Å²) in [5.41, 5.74) is 7.29. The average molecular weight is 223 g/mol. The van der Waals surface area contributed by atoms with Crippen molar-refractivity contribution in [2.24, 2.45) is 7.05 Å². The van der Waals surface area contributed by atoms with Crippen molar-refractivity contribution in [3.8, 4) is 0 Å². The minimum Gasteiger partial charge on any atom is -0.394 e. The lowest BCUT2D eigenvalue weighted by Gasteiger charge is -2.14. The van der Waals surface area contributed by atoms with E-state index in [1.165, 1.54) is 0 Å². The molecule has 0 aromatic carbocycles. The molecule has 6 heteroatoms. The van der Waals surface area contributed by atoms with E-state index in [0.717, 1.165) is 24.5 Å². The fourth-order valence-electron chi connectivity index (χ4n) is 1.97. The molecule has 1 aliphatic rings. The molecule has 1 amide bonds. The average Bonchev–Trinajstić information content (AvgIpc) is 2.66. The number of likely N-dealkylation sites (tertiary alicyclic amines) is 1. The van der Waals surface area contributed by atoms with Gasteiger partial charge in [0.05, 0.1) is 11.4 Å². The summed E-state index contributed by atoms with van der Waals surface area (Å²) in [5, 5.41) is 7.36. The second-order valence-corrected chi connectivity index (χ2v) is 4.22. The van der Waals surface area contributed by atoms with Crippen LogP contribution in [0, 0.1) is 6.92 Å². The number of carbonyl (C=O) groups is 1. The molecule has 1 unspecified atom stereocenters. The monoisotopic (exact) mass is 223 g/mol. The van der Waals surface area contributed by atoms with Crippen LogP contribution in [0.4, 0.5) is 11.5 Å². The van der Waals surface area contributed by atoms with E-state index in [1.54, 1.807) is 9.58 Å². The highest BCUT2D eigenvalue weighted by atomic mass is 16.2. The van der Waals surface area contributed by atoms with Gasteiger partial charge < -0.3 is 16.0 Å². The molecule has 0 saturated carbocycles. The summed E-state index contributed by atoms with van der Waals surface area (Å²) in [4.78, 5) is 13.5. The third-order valence-corrected chi connectivity index (χ3v) is 3.01. The zero-order valence-electron chi connectivity index (χ0n) is 9.82. The second-order valence-electron chi connectivity index (χ2n) is 4.22. The number of aromatic nitrogens is 2. The number of amides is 1. The molecule has 0 radical (unpaired) electrons. The number of hydrogen-bond donors (Lipinski definition) is 2. The molecule has 6 nitrogen and oxygen atoms in total. The summed E-state index contributed by atoms with van der Waals surface area (Å²) in [6.45, 7) is 2.64. The number of rotatable bonds is 2. The predicted octanol–water partition coefficient (Wildman–Crippen LogP) is -0.0467. The van der Waals surface area contributed by atoms with Gasteiger partial charge in [0.1, 0.15) is 11.9 Å². The van der Waals surface area contributed by atoms with Gasteiger partial charge in [-0.1, -0.05) is 0 Å². The van der Waals surface area contributed by atoms with Gasteiger partial charge >= 0.3 is 0 Å². The number of nitrogens with one attached hydrogen (secondary N) is 1. The number of aryl methyl sites for hydroxylation is 2. The molecule has 1 aromatic heterocycles. The molecule has 1 aliphatic heterocycles. The van der Waals surface area contributed by atoms with E-state index < -0.39 is 0 Å². The summed E-state index contributed by atoms with van der Waals surface area (Å²) in [6.07, 6.45) is 0.805. The van der Waals surface area contributed by atoms with E-state index in [1.807, 2.05) is 21.0 Å². The molecule has 1 atom stereocenters. The summed E-state index contributed by atoms with van der Waals surface area (Å²) < 4.78 is 1.68. The van der Waals surface area contributed by atoms with Gasteiger partial charge in [-0.2, -0.15) is 5.10 Å². The summed E-state index contributed by atoms with van der Waals surface area (Å²) >= 11 is 0. The summed E-state index contributed by atoms with van der Waals surface area (Å²) in [6, 6.07) is -0.179. The Balaban J connectivity index is 2.18. The highest BCUT2D eigenvalue weighted by molar-refractivity contribution is 5.87. The van der Waals surface area contributed by atoms with Crippen molar-refractivity contribution >= 4 is 17.4 Å². The van der Waals surface area contributed by atoms with Crippen LogP contribution in [-0.4, -0.2) is 40.2 Å². The smallest absolute Gasteiger partial charge is 0.244 e. The van der Waals surface area contributed by atoms with Gasteiger partial charge in [-0.25, -0.2) is 0 Å². The fourth-order valence-corrected chi connectivity index (χ4v) is 1.97. The van der Waals surface area contributed by atoms with E-state index >= 15 is 0 Å². The maximum Gasteiger partial charge on any atom is 0.244 e. The zero-order valence-corrected chi connectivity index (χ0v) is 9.82. The van der Waals surface area contributed by atoms with Gasteiger partial charge in [0.2, 0.25) is 5.91 Å². The largest absolute Gasteiger partial charge is 0.394 e. The van der Waals surface area contributed by atoms with Crippen molar-refractivity contribution in [3.63, 3.8) is 0 Å². The second kappa shape index (κ2) is 3.70. The van der Waals surface area contributed by atoms with Crippen molar-refractivity contribution in [2.45, 2.75) is 19.4 Å². The van der Waals surface area contributed by atoms with Gasteiger partial charge in [-0.3, -0.25) is 9.48 Å². The van der Waals surface area contributed by atoms with Crippen molar-refractivity contribution in [1.82, 2.24) is 14.7 Å². The van der Waals surface area contributed by atoms with Crippen LogP contribution in [-0.2, 0) is 11.8 Å². The van der Waals surface area contributed by atoms with E-state index in [4.69, 9.17) is 5.73 Å². The van der Waals surface area contributed by atoms with E-state index in [0.29, 0.717) is 5.69 Å². The Morgan fingerprint density at radius 2 is 2.19 bits per heavy atom. The molecule has 1 fully saturated rings. The molecule has 88 valence electrons. The molecule has 0 aliphatic carbocycles. The SMILES string of the molecule is Cc1nn(C)c(NC2CCN(C)C2=O)c1N. The number of anilines is 2. The van der Waals surface area contributed by atoms with Crippen molar-refractivity contribution < 1.29 is 4.79 Å². The Bertz CT molecular complexity index is 425. The molecular formula is C10H17N5O. The van der Waals surface area contributed by atoms with E-state index in [-0.39, 0.29) is 11.9 Å². The topological polar surface area (TPSA) is 76.2 Å². The Kier molecular flexibility index (Phi) is 2.49. The van der Waals surface area contributed by atoms with Crippen LogP contribution in [0.1, 0.15) is 12.1 Å². The maximum atomic E-state index is 11.7. The number of nitrogen functional groups attached to an aromatic ring is 1. The molecule has 16 heavy (non-hydrogen) atoms. The van der Waals surface area contributed by atoms with Crippen LogP contribution in [0.3, 0.4) is 0 Å². The Labute approximate surface area is 94.4 Å². The molecule has 1 saturated heterocycles. The quantitative estimate of drug-likeness (QED) is 0.737. The van der Waals surface area contributed by atoms with Crippen molar-refractivity contribution in [2.75, 3.05) is 24.6 Å². The van der Waals surface area contributed by atoms with Gasteiger partial charge in [-0.15, -0.1) is 0 Å². The number of nitrogens with zero attached hydrogens (tertiary/aromatic N) is 3. The number of likely N-dealkylation sites (N-methyl/N-ethyl adjacent to an activating group) is 1. The van der Waals surface area contributed by atoms with Crippen LogP contribution in [0.15, 0.2) is 0 Å². The zero-order chi connectivity index (χ0) is 11.9. The molecule has 3 N–H and O–H groups in total. The first kappa shape index (κ1) is 10.8. The predicted molar refractivity (Wildman–Crippen MR) is 62.0 cm³/mol. The molecular weight excluding hydrogens is 206 g/mol. The lowest BCUT2D eigenvalue weighted by atomic mass is 10.2. The van der Waals surface area contributed by atoms with E-state index in [2.05, 4.69) is 10.4 Å². The molecule has 0 spiro atoms. The number of nitrogens with two attached hydrogens (primary N) is 1. The Morgan fingerprint density at radius 1 is 1.50 bits per heavy atom. The molecule has 2 rings (SSSR count). The first-order valence-electron chi connectivity index (χ1n) is 5.31. The number of hydrogen-bond acceptors (Lipinski definition) is 4. The highest BCUT2D eigenvalue weighted by Gasteiger charge is 2.30. The summed E-state index contributed by atoms with van der Waals surface area (Å²) in [7, 11) is 3.62. The first-order valence-corrected chi connectivity index (χ1v) is 5.31. The van der Waals surface area contributed by atoms with Gasteiger partial charge in [-0.05, 0) is 13.3 Å². The van der Waals surface area contributed by atoms with Gasteiger partial charge in [0.25, 0.3) is 0 Å². The van der Waals surface area contributed by atoms with Crippen LogP contribution in [0.2, 0.25) is 0 Å². The first-order chi connectivity index (χ1) is 7.50. The standard InChI is InChI=1S/C10H17N5O/c1-6-8(11)9(15(3)13-6)12-7-4-5-14(2)10(7)16/h7,12H,4-5,11H2,1-3H3. The Morgan fingerprint density at radius 3 is 2.62 bits per heavy atom. The minimum absolute atomic E-state index is 0.109. The third-order valence-electron chi connectivity index (χ3n) is 3.01. The normalized spacial score (nSPS) is 20.6. The van der Waals surface area contributed by atoms with Gasteiger partial charge in [0, 0.05) is 20.6 Å². The highest BCUT2D eigenvalue weighted by Crippen LogP contribution is 2.24. The Hall–Kier alpha value is -1.72. The van der Waals surface area contributed by atoms with Gasteiger partial charge in [0.15, 0.2) is 0 Å².